The molecule has 1 amide bonds. The van der Waals surface area contributed by atoms with E-state index in [4.69, 9.17) is 9.47 Å². The monoisotopic (exact) mass is 316 g/mol. The quantitative estimate of drug-likeness (QED) is 0.888. The molecule has 0 aromatic heterocycles. The summed E-state index contributed by atoms with van der Waals surface area (Å²) in [6.07, 6.45) is 0. The zero-order valence-corrected chi connectivity index (χ0v) is 12.4. The summed E-state index contributed by atoms with van der Waals surface area (Å²) in [4.78, 5) is 14.1. The average Bonchev–Trinajstić information content (AvgIpc) is 2.54. The van der Waals surface area contributed by atoms with Gasteiger partial charge in [-0.1, -0.05) is 0 Å². The minimum atomic E-state index is -3.02. The number of halogens is 2. The minimum absolute atomic E-state index is 0.0261. The first-order valence-corrected chi connectivity index (χ1v) is 6.77. The summed E-state index contributed by atoms with van der Waals surface area (Å²) < 4.78 is 39.5. The molecule has 1 aliphatic heterocycles. The smallest absolute Gasteiger partial charge is 0.387 e. The Bertz CT molecular complexity index is 509. The molecule has 0 radical (unpaired) electrons. The molecule has 1 fully saturated rings. The molecule has 2 rings (SSSR count). The number of alkyl halides is 2. The van der Waals surface area contributed by atoms with Gasteiger partial charge in [-0.15, -0.1) is 0 Å². The summed E-state index contributed by atoms with van der Waals surface area (Å²) in [5, 5.41) is 3.15. The van der Waals surface area contributed by atoms with Crippen molar-refractivity contribution in [1.29, 1.82) is 0 Å². The van der Waals surface area contributed by atoms with E-state index in [2.05, 4.69) is 10.1 Å². The lowest BCUT2D eigenvalue weighted by molar-refractivity contribution is -0.0526. The summed E-state index contributed by atoms with van der Waals surface area (Å²) in [7, 11) is 2.62. The second-order valence-corrected chi connectivity index (χ2v) is 4.63. The maximum Gasteiger partial charge on any atom is 0.387 e. The van der Waals surface area contributed by atoms with Gasteiger partial charge in [-0.3, -0.25) is 4.79 Å². The van der Waals surface area contributed by atoms with Gasteiger partial charge in [-0.05, 0) is 12.1 Å². The molecule has 0 unspecified atom stereocenters. The lowest BCUT2D eigenvalue weighted by Gasteiger charge is -2.27. The number of hydrogen-bond acceptors (Lipinski definition) is 5. The zero-order chi connectivity index (χ0) is 16.1. The number of benzene rings is 1. The van der Waals surface area contributed by atoms with E-state index in [1.807, 2.05) is 0 Å². The van der Waals surface area contributed by atoms with Crippen molar-refractivity contribution in [2.24, 2.45) is 0 Å². The van der Waals surface area contributed by atoms with E-state index in [-0.39, 0.29) is 23.2 Å². The van der Waals surface area contributed by atoms with Gasteiger partial charge in [-0.25, -0.2) is 0 Å². The molecule has 0 bridgehead atoms. The maximum absolute atomic E-state index is 12.5. The molecular formula is C14H18F2N2O4. The van der Waals surface area contributed by atoms with E-state index in [9.17, 15) is 13.6 Å². The lowest BCUT2D eigenvalue weighted by Crippen LogP contribution is -2.46. The minimum Gasteiger partial charge on any atom is -0.493 e. The normalized spacial score (nSPS) is 14.9. The molecule has 0 aliphatic carbocycles. The van der Waals surface area contributed by atoms with Crippen molar-refractivity contribution in [2.75, 3.05) is 40.4 Å². The number of piperazine rings is 1. The SMILES string of the molecule is COc1cc(C(=O)N2CCNCC2)cc(OC)c1OC(F)F. The molecule has 1 saturated heterocycles. The Kier molecular flexibility index (Phi) is 5.37. The predicted octanol–water partition coefficient (Wildman–Crippen LogP) is 1.35. The second-order valence-electron chi connectivity index (χ2n) is 4.63. The lowest BCUT2D eigenvalue weighted by atomic mass is 10.1. The molecule has 1 aromatic rings. The first-order chi connectivity index (χ1) is 10.6. The van der Waals surface area contributed by atoms with Crippen LogP contribution in [0.2, 0.25) is 0 Å². The fourth-order valence-corrected chi connectivity index (χ4v) is 2.26. The van der Waals surface area contributed by atoms with Gasteiger partial charge in [0.15, 0.2) is 11.5 Å². The van der Waals surface area contributed by atoms with Crippen LogP contribution in [0, 0.1) is 0 Å². The number of amides is 1. The van der Waals surface area contributed by atoms with Gasteiger partial charge in [0.1, 0.15) is 0 Å². The van der Waals surface area contributed by atoms with Crippen LogP contribution in [0.3, 0.4) is 0 Å². The van der Waals surface area contributed by atoms with Gasteiger partial charge in [-0.2, -0.15) is 8.78 Å². The molecule has 8 heteroatoms. The molecule has 1 aliphatic rings. The van der Waals surface area contributed by atoms with Crippen LogP contribution in [-0.4, -0.2) is 57.8 Å². The van der Waals surface area contributed by atoms with Gasteiger partial charge in [0.25, 0.3) is 5.91 Å². The Morgan fingerprint density at radius 1 is 1.18 bits per heavy atom. The molecule has 1 aromatic carbocycles. The largest absolute Gasteiger partial charge is 0.493 e. The highest BCUT2D eigenvalue weighted by Crippen LogP contribution is 2.39. The van der Waals surface area contributed by atoms with Crippen LogP contribution < -0.4 is 19.5 Å². The fourth-order valence-electron chi connectivity index (χ4n) is 2.26. The highest BCUT2D eigenvalue weighted by molar-refractivity contribution is 5.95. The number of hydrogen-bond donors (Lipinski definition) is 1. The summed E-state index contributed by atoms with van der Waals surface area (Å²) in [5.74, 6) is -0.380. The Morgan fingerprint density at radius 3 is 2.18 bits per heavy atom. The third-order valence-corrected chi connectivity index (χ3v) is 3.32. The molecule has 0 atom stereocenters. The summed E-state index contributed by atoms with van der Waals surface area (Å²) in [5.41, 5.74) is 0.303. The summed E-state index contributed by atoms with van der Waals surface area (Å²) in [6.45, 7) is -0.422. The highest BCUT2D eigenvalue weighted by atomic mass is 19.3. The highest BCUT2D eigenvalue weighted by Gasteiger charge is 2.23. The number of carbonyl (C=O) groups is 1. The number of carbonyl (C=O) groups excluding carboxylic acids is 1. The Labute approximate surface area is 126 Å². The van der Waals surface area contributed by atoms with E-state index in [1.54, 1.807) is 4.90 Å². The third-order valence-electron chi connectivity index (χ3n) is 3.32. The zero-order valence-electron chi connectivity index (χ0n) is 12.4. The van der Waals surface area contributed by atoms with Crippen molar-refractivity contribution in [1.82, 2.24) is 10.2 Å². The van der Waals surface area contributed by atoms with E-state index < -0.39 is 6.61 Å². The van der Waals surface area contributed by atoms with Crippen molar-refractivity contribution in [2.45, 2.75) is 6.61 Å². The summed E-state index contributed by atoms with van der Waals surface area (Å²) >= 11 is 0. The van der Waals surface area contributed by atoms with Crippen molar-refractivity contribution >= 4 is 5.91 Å². The van der Waals surface area contributed by atoms with Crippen molar-refractivity contribution < 1.29 is 27.8 Å². The average molecular weight is 316 g/mol. The number of rotatable bonds is 5. The number of nitrogens with one attached hydrogen (secondary N) is 1. The fraction of sp³-hybridized carbons (Fsp3) is 0.500. The van der Waals surface area contributed by atoms with E-state index in [0.29, 0.717) is 31.7 Å². The van der Waals surface area contributed by atoms with Crippen molar-refractivity contribution in [3.63, 3.8) is 0 Å². The summed E-state index contributed by atoms with van der Waals surface area (Å²) in [6, 6.07) is 2.76. The maximum atomic E-state index is 12.5. The first kappa shape index (κ1) is 16.3. The standard InChI is InChI=1S/C14H18F2N2O4/c1-20-10-7-9(13(19)18-5-3-17-4-6-18)8-11(21-2)12(10)22-14(15)16/h7-8,14,17H,3-6H2,1-2H3. The first-order valence-electron chi connectivity index (χ1n) is 6.77. The molecule has 122 valence electrons. The van der Waals surface area contributed by atoms with Crippen molar-refractivity contribution in [3.05, 3.63) is 17.7 Å². The Hall–Kier alpha value is -2.09. The molecule has 0 spiro atoms. The van der Waals surface area contributed by atoms with Crippen LogP contribution >= 0.6 is 0 Å². The van der Waals surface area contributed by atoms with Gasteiger partial charge in [0, 0.05) is 31.7 Å². The van der Waals surface area contributed by atoms with Crippen LogP contribution in [0.25, 0.3) is 0 Å². The van der Waals surface area contributed by atoms with E-state index in [1.165, 1.54) is 26.4 Å². The van der Waals surface area contributed by atoms with Crippen LogP contribution in [-0.2, 0) is 0 Å². The van der Waals surface area contributed by atoms with Gasteiger partial charge in [0.05, 0.1) is 14.2 Å². The Balaban J connectivity index is 2.34. The molecule has 6 nitrogen and oxygen atoms in total. The van der Waals surface area contributed by atoms with Crippen molar-refractivity contribution in [3.8, 4) is 17.2 Å². The number of ether oxygens (including phenoxy) is 3. The topological polar surface area (TPSA) is 60.0 Å². The van der Waals surface area contributed by atoms with Crippen LogP contribution in [0.5, 0.6) is 17.2 Å². The second kappa shape index (κ2) is 7.26. The number of nitrogens with zero attached hydrogens (tertiary/aromatic N) is 1. The van der Waals surface area contributed by atoms with Crippen LogP contribution in [0.15, 0.2) is 12.1 Å². The molecule has 22 heavy (non-hydrogen) atoms. The van der Waals surface area contributed by atoms with E-state index in [0.717, 1.165) is 0 Å². The van der Waals surface area contributed by atoms with Gasteiger partial charge in [0.2, 0.25) is 5.75 Å². The van der Waals surface area contributed by atoms with Crippen LogP contribution in [0.1, 0.15) is 10.4 Å². The van der Waals surface area contributed by atoms with Crippen LogP contribution in [0.4, 0.5) is 8.78 Å². The molecule has 1 N–H and O–H groups in total. The van der Waals surface area contributed by atoms with Gasteiger partial charge < -0.3 is 24.4 Å². The predicted molar refractivity (Wildman–Crippen MR) is 75.0 cm³/mol. The molecule has 0 saturated carbocycles. The van der Waals surface area contributed by atoms with Gasteiger partial charge >= 0.3 is 6.61 Å². The Morgan fingerprint density at radius 2 is 1.73 bits per heavy atom. The number of methoxy groups -OCH3 is 2. The third kappa shape index (κ3) is 3.56. The van der Waals surface area contributed by atoms with E-state index >= 15 is 0 Å². The molecular weight excluding hydrogens is 298 g/mol. The molecule has 1 heterocycles.